The molecule has 0 saturated carbocycles. The van der Waals surface area contributed by atoms with Crippen molar-refractivity contribution >= 4 is 10.9 Å². The molecular formula is C20H26N4. The Morgan fingerprint density at radius 3 is 3.00 bits per heavy atom. The van der Waals surface area contributed by atoms with Crippen molar-refractivity contribution in [3.05, 3.63) is 54.5 Å². The molecule has 3 aromatic rings. The number of nitrogens with zero attached hydrogens (tertiary/aromatic N) is 4. The van der Waals surface area contributed by atoms with E-state index in [4.69, 9.17) is 0 Å². The molecule has 4 nitrogen and oxygen atoms in total. The Balaban J connectivity index is 1.46. The summed E-state index contributed by atoms with van der Waals surface area (Å²) in [6, 6.07) is 11.8. The van der Waals surface area contributed by atoms with Gasteiger partial charge in [-0.1, -0.05) is 18.6 Å². The van der Waals surface area contributed by atoms with Gasteiger partial charge < -0.3 is 4.57 Å². The molecule has 0 radical (unpaired) electrons. The highest BCUT2D eigenvalue weighted by atomic mass is 15.3. The summed E-state index contributed by atoms with van der Waals surface area (Å²) in [5, 5.41) is 5.67. The Hall–Kier alpha value is -2.07. The molecule has 1 aromatic carbocycles. The molecular weight excluding hydrogens is 296 g/mol. The van der Waals surface area contributed by atoms with Gasteiger partial charge in [-0.05, 0) is 55.0 Å². The molecule has 1 aliphatic heterocycles. The Kier molecular flexibility index (Phi) is 4.39. The summed E-state index contributed by atoms with van der Waals surface area (Å²) in [4.78, 5) is 2.68. The lowest BCUT2D eigenvalue weighted by Crippen LogP contribution is -2.39. The second-order valence-corrected chi connectivity index (χ2v) is 7.00. The molecule has 1 unspecified atom stereocenters. The third-order valence-electron chi connectivity index (χ3n) is 5.34. The quantitative estimate of drug-likeness (QED) is 0.714. The van der Waals surface area contributed by atoms with Crippen LogP contribution in [0.5, 0.6) is 0 Å². The fraction of sp³-hybridized carbons (Fsp3) is 0.450. The van der Waals surface area contributed by atoms with E-state index in [0.29, 0.717) is 6.04 Å². The van der Waals surface area contributed by atoms with E-state index in [-0.39, 0.29) is 0 Å². The fourth-order valence-electron chi connectivity index (χ4n) is 3.95. The van der Waals surface area contributed by atoms with Crippen molar-refractivity contribution < 1.29 is 0 Å². The minimum absolute atomic E-state index is 0.673. The van der Waals surface area contributed by atoms with Crippen LogP contribution < -0.4 is 0 Å². The van der Waals surface area contributed by atoms with Crippen molar-refractivity contribution in [2.45, 2.75) is 44.8 Å². The van der Waals surface area contributed by atoms with Crippen LogP contribution in [-0.2, 0) is 20.1 Å². The van der Waals surface area contributed by atoms with Gasteiger partial charge in [0.1, 0.15) is 0 Å². The molecule has 3 heterocycles. The van der Waals surface area contributed by atoms with Crippen LogP contribution in [0.4, 0.5) is 0 Å². The van der Waals surface area contributed by atoms with Gasteiger partial charge >= 0.3 is 0 Å². The van der Waals surface area contributed by atoms with Crippen molar-refractivity contribution in [1.82, 2.24) is 19.2 Å². The number of hydrogen-bond donors (Lipinski definition) is 0. The van der Waals surface area contributed by atoms with Gasteiger partial charge in [0.25, 0.3) is 0 Å². The van der Waals surface area contributed by atoms with Crippen molar-refractivity contribution in [1.29, 1.82) is 0 Å². The Labute approximate surface area is 143 Å². The molecule has 1 fully saturated rings. The number of rotatable bonds is 5. The van der Waals surface area contributed by atoms with Crippen LogP contribution in [0.1, 0.15) is 31.2 Å². The van der Waals surface area contributed by atoms with Crippen LogP contribution in [0, 0.1) is 0 Å². The molecule has 0 aliphatic carbocycles. The number of benzene rings is 1. The van der Waals surface area contributed by atoms with Crippen molar-refractivity contribution in [2.75, 3.05) is 6.54 Å². The average molecular weight is 322 g/mol. The molecule has 0 spiro atoms. The summed E-state index contributed by atoms with van der Waals surface area (Å²) < 4.78 is 4.27. The normalized spacial score (nSPS) is 19.1. The average Bonchev–Trinajstić information content (AvgIpc) is 3.25. The van der Waals surface area contributed by atoms with E-state index in [0.717, 1.165) is 13.1 Å². The molecule has 0 N–H and O–H groups in total. The first-order valence-corrected chi connectivity index (χ1v) is 9.05. The van der Waals surface area contributed by atoms with Crippen LogP contribution in [0.15, 0.2) is 48.9 Å². The monoisotopic (exact) mass is 322 g/mol. The van der Waals surface area contributed by atoms with Crippen LogP contribution in [-0.4, -0.2) is 31.8 Å². The molecule has 126 valence electrons. The van der Waals surface area contributed by atoms with Crippen molar-refractivity contribution in [3.63, 3.8) is 0 Å². The molecule has 2 aromatic heterocycles. The first-order chi connectivity index (χ1) is 11.8. The van der Waals surface area contributed by atoms with Gasteiger partial charge in [-0.2, -0.15) is 5.10 Å². The fourth-order valence-corrected chi connectivity index (χ4v) is 3.95. The summed E-state index contributed by atoms with van der Waals surface area (Å²) >= 11 is 0. The van der Waals surface area contributed by atoms with Crippen LogP contribution >= 0.6 is 0 Å². The van der Waals surface area contributed by atoms with Gasteiger partial charge in [-0.15, -0.1) is 0 Å². The SMILES string of the molecule is Cn1ccc2ccc(CN3CCCCC3CCn3cccn3)cc21. The number of hydrogen-bond acceptors (Lipinski definition) is 2. The Morgan fingerprint density at radius 1 is 1.17 bits per heavy atom. The van der Waals surface area contributed by atoms with E-state index >= 15 is 0 Å². The zero-order valence-electron chi connectivity index (χ0n) is 14.4. The lowest BCUT2D eigenvalue weighted by atomic mass is 9.98. The second-order valence-electron chi connectivity index (χ2n) is 7.00. The first-order valence-electron chi connectivity index (χ1n) is 9.05. The number of aryl methyl sites for hydroxylation is 2. The highest BCUT2D eigenvalue weighted by molar-refractivity contribution is 5.80. The summed E-state index contributed by atoms with van der Waals surface area (Å²) in [5.74, 6) is 0. The topological polar surface area (TPSA) is 26.0 Å². The van der Waals surface area contributed by atoms with Gasteiger partial charge in [0, 0.05) is 50.3 Å². The predicted molar refractivity (Wildman–Crippen MR) is 97.8 cm³/mol. The third-order valence-corrected chi connectivity index (χ3v) is 5.34. The maximum atomic E-state index is 4.34. The molecule has 1 aliphatic rings. The highest BCUT2D eigenvalue weighted by Gasteiger charge is 2.22. The Morgan fingerprint density at radius 2 is 2.12 bits per heavy atom. The third kappa shape index (κ3) is 3.24. The van der Waals surface area contributed by atoms with E-state index in [2.05, 4.69) is 63.0 Å². The molecule has 4 heteroatoms. The summed E-state index contributed by atoms with van der Waals surface area (Å²) in [6.45, 7) is 3.30. The highest BCUT2D eigenvalue weighted by Crippen LogP contribution is 2.24. The zero-order chi connectivity index (χ0) is 16.4. The van der Waals surface area contributed by atoms with E-state index < -0.39 is 0 Å². The molecule has 4 rings (SSSR count). The zero-order valence-corrected chi connectivity index (χ0v) is 14.4. The van der Waals surface area contributed by atoms with Crippen LogP contribution in [0.3, 0.4) is 0 Å². The van der Waals surface area contributed by atoms with Crippen LogP contribution in [0.25, 0.3) is 10.9 Å². The first kappa shape index (κ1) is 15.5. The van der Waals surface area contributed by atoms with E-state index in [1.54, 1.807) is 0 Å². The molecule has 1 saturated heterocycles. The van der Waals surface area contributed by atoms with Gasteiger partial charge in [-0.3, -0.25) is 9.58 Å². The lowest BCUT2D eigenvalue weighted by Gasteiger charge is -2.36. The number of aromatic nitrogens is 3. The van der Waals surface area contributed by atoms with Gasteiger partial charge in [-0.25, -0.2) is 0 Å². The molecule has 0 amide bonds. The minimum Gasteiger partial charge on any atom is -0.351 e. The summed E-state index contributed by atoms with van der Waals surface area (Å²) in [6.07, 6.45) is 11.3. The number of fused-ring (bicyclic) bond motifs is 1. The molecule has 24 heavy (non-hydrogen) atoms. The molecule has 1 atom stereocenters. The van der Waals surface area contributed by atoms with E-state index in [9.17, 15) is 0 Å². The summed E-state index contributed by atoms with van der Waals surface area (Å²) in [7, 11) is 2.12. The summed E-state index contributed by atoms with van der Waals surface area (Å²) in [5.41, 5.74) is 2.76. The predicted octanol–water partition coefficient (Wildman–Crippen LogP) is 3.82. The Bertz CT molecular complexity index is 787. The van der Waals surface area contributed by atoms with Crippen LogP contribution in [0.2, 0.25) is 0 Å². The van der Waals surface area contributed by atoms with Crippen molar-refractivity contribution in [2.24, 2.45) is 7.05 Å². The number of piperidine rings is 1. The van der Waals surface area contributed by atoms with Gasteiger partial charge in [0.05, 0.1) is 0 Å². The van der Waals surface area contributed by atoms with E-state index in [1.165, 1.54) is 48.7 Å². The largest absolute Gasteiger partial charge is 0.351 e. The minimum atomic E-state index is 0.673. The lowest BCUT2D eigenvalue weighted by molar-refractivity contribution is 0.127. The maximum absolute atomic E-state index is 4.34. The maximum Gasteiger partial charge on any atom is 0.0489 e. The van der Waals surface area contributed by atoms with Gasteiger partial charge in [0.2, 0.25) is 0 Å². The second kappa shape index (κ2) is 6.81. The van der Waals surface area contributed by atoms with Crippen molar-refractivity contribution in [3.8, 4) is 0 Å². The van der Waals surface area contributed by atoms with E-state index in [1.807, 2.05) is 12.3 Å². The standard InChI is InChI=1S/C20H26N4/c1-22-13-8-18-7-6-17(15-20(18)22)16-23-11-3-2-5-19(23)9-14-24-12-4-10-21-24/h4,6-8,10,12-13,15,19H,2-3,5,9,11,14,16H2,1H3. The molecule has 0 bridgehead atoms. The smallest absolute Gasteiger partial charge is 0.0489 e. The number of likely N-dealkylation sites (tertiary alicyclic amines) is 1. The van der Waals surface area contributed by atoms with Gasteiger partial charge in [0.15, 0.2) is 0 Å².